The van der Waals surface area contributed by atoms with Gasteiger partial charge >= 0.3 is 0 Å². The van der Waals surface area contributed by atoms with E-state index in [1.165, 1.54) is 22.3 Å². The zero-order chi connectivity index (χ0) is 28.1. The lowest BCUT2D eigenvalue weighted by Gasteiger charge is -2.25. The van der Waals surface area contributed by atoms with Gasteiger partial charge in [-0.3, -0.25) is 14.4 Å². The van der Waals surface area contributed by atoms with Gasteiger partial charge in [0.15, 0.2) is 0 Å². The van der Waals surface area contributed by atoms with Crippen LogP contribution in [0.3, 0.4) is 0 Å². The molecule has 0 aliphatic heterocycles. The average molecular weight is 550 g/mol. The van der Waals surface area contributed by atoms with E-state index in [0.29, 0.717) is 29.0 Å². The summed E-state index contributed by atoms with van der Waals surface area (Å²) in [6.07, 6.45) is 0.298. The Balaban J connectivity index is 1.35. The van der Waals surface area contributed by atoms with E-state index in [9.17, 15) is 14.4 Å². The zero-order valence-electron chi connectivity index (χ0n) is 21.7. The smallest absolute Gasteiger partial charge is 0.255 e. The molecule has 0 saturated carbocycles. The number of hydrogen-bond acceptors (Lipinski definition) is 6. The summed E-state index contributed by atoms with van der Waals surface area (Å²) in [5, 5.41) is 5.69. The molecule has 9 heteroatoms. The van der Waals surface area contributed by atoms with E-state index in [1.807, 2.05) is 48.5 Å². The van der Waals surface area contributed by atoms with Gasteiger partial charge in [-0.2, -0.15) is 0 Å². The van der Waals surface area contributed by atoms with Crippen molar-refractivity contribution >= 4 is 56.3 Å². The Hall–Kier alpha value is -5.02. The molecule has 5 rings (SSSR count). The van der Waals surface area contributed by atoms with Gasteiger partial charge in [-0.05, 0) is 66.2 Å². The normalized spacial score (nSPS) is 11.5. The number of aromatic nitrogens is 1. The number of nitrogens with one attached hydrogen (secondary N) is 2. The van der Waals surface area contributed by atoms with Crippen molar-refractivity contribution in [3.63, 3.8) is 0 Å². The Morgan fingerprint density at radius 3 is 2.35 bits per heavy atom. The van der Waals surface area contributed by atoms with Gasteiger partial charge in [0.2, 0.25) is 5.91 Å². The molecule has 0 bridgehead atoms. The molecule has 1 heterocycles. The minimum absolute atomic E-state index is 0.266. The number of nitrogens with two attached hydrogens (primary N) is 1. The first-order valence-corrected chi connectivity index (χ1v) is 13.5. The van der Waals surface area contributed by atoms with Crippen LogP contribution in [0.5, 0.6) is 0 Å². The summed E-state index contributed by atoms with van der Waals surface area (Å²) in [6, 6.07) is 27.5. The minimum Gasteiger partial charge on any atom is -0.399 e. The summed E-state index contributed by atoms with van der Waals surface area (Å²) in [6.45, 7) is 0. The van der Waals surface area contributed by atoms with E-state index in [2.05, 4.69) is 15.6 Å². The molecule has 0 unspecified atom stereocenters. The predicted octanol–water partition coefficient (Wildman–Crippen LogP) is 5.13. The van der Waals surface area contributed by atoms with Crippen LogP contribution < -0.4 is 21.3 Å². The van der Waals surface area contributed by atoms with E-state index >= 15 is 0 Å². The number of anilines is 3. The van der Waals surface area contributed by atoms with Crippen molar-refractivity contribution in [1.82, 2.24) is 10.3 Å². The summed E-state index contributed by atoms with van der Waals surface area (Å²) < 4.78 is 1.03. The number of amides is 3. The van der Waals surface area contributed by atoms with Crippen molar-refractivity contribution in [2.45, 2.75) is 12.5 Å². The van der Waals surface area contributed by atoms with Crippen LogP contribution in [0.25, 0.3) is 10.2 Å². The fourth-order valence-corrected chi connectivity index (χ4v) is 4.94. The summed E-state index contributed by atoms with van der Waals surface area (Å²) in [5.74, 6) is -1.10. The molecule has 4 N–H and O–H groups in total. The number of carbonyl (C=O) groups is 3. The van der Waals surface area contributed by atoms with Crippen LogP contribution in [-0.4, -0.2) is 35.8 Å². The molecular formula is C31H27N5O3S. The van der Waals surface area contributed by atoms with Crippen molar-refractivity contribution < 1.29 is 14.4 Å². The van der Waals surface area contributed by atoms with E-state index in [-0.39, 0.29) is 17.4 Å². The molecule has 0 aliphatic carbocycles. The van der Waals surface area contributed by atoms with Gasteiger partial charge in [0.05, 0.1) is 15.7 Å². The first-order valence-electron chi connectivity index (χ1n) is 12.6. The molecule has 4 aromatic carbocycles. The van der Waals surface area contributed by atoms with Gasteiger partial charge in [-0.25, -0.2) is 4.98 Å². The van der Waals surface area contributed by atoms with Crippen molar-refractivity contribution in [2.75, 3.05) is 23.0 Å². The second-order valence-electron chi connectivity index (χ2n) is 9.27. The summed E-state index contributed by atoms with van der Waals surface area (Å²) >= 11 is 1.53. The van der Waals surface area contributed by atoms with E-state index in [0.717, 1.165) is 15.8 Å². The molecule has 0 radical (unpaired) electrons. The highest BCUT2D eigenvalue weighted by Gasteiger charge is 2.26. The molecule has 0 spiro atoms. The van der Waals surface area contributed by atoms with Crippen LogP contribution in [0.2, 0.25) is 0 Å². The lowest BCUT2D eigenvalue weighted by molar-refractivity contribution is -0.120. The lowest BCUT2D eigenvalue weighted by Crippen LogP contribution is -2.48. The lowest BCUT2D eigenvalue weighted by atomic mass is 10.0. The predicted molar refractivity (Wildman–Crippen MR) is 160 cm³/mol. The fraction of sp³-hybridized carbons (Fsp3) is 0.0968. The summed E-state index contributed by atoms with van der Waals surface area (Å²) in [7, 11) is 1.68. The van der Waals surface area contributed by atoms with Crippen LogP contribution >= 0.6 is 11.3 Å². The monoisotopic (exact) mass is 549 g/mol. The molecule has 40 heavy (non-hydrogen) atoms. The van der Waals surface area contributed by atoms with Crippen molar-refractivity contribution in [2.24, 2.45) is 0 Å². The van der Waals surface area contributed by atoms with Gasteiger partial charge in [0.1, 0.15) is 6.04 Å². The molecule has 0 saturated heterocycles. The molecule has 0 fully saturated rings. The van der Waals surface area contributed by atoms with Crippen LogP contribution in [0, 0.1) is 0 Å². The van der Waals surface area contributed by atoms with Gasteiger partial charge < -0.3 is 21.3 Å². The zero-order valence-corrected chi connectivity index (χ0v) is 22.5. The highest BCUT2D eigenvalue weighted by atomic mass is 32.1. The SMILES string of the molecule is CN(C(=O)[C@H](Cc1ccccc1)NC(=O)c1cccc(C(=O)Nc2ccc(N)cc2)c1)c1ccc2scnc2c1. The van der Waals surface area contributed by atoms with Crippen molar-refractivity contribution in [3.8, 4) is 0 Å². The highest BCUT2D eigenvalue weighted by molar-refractivity contribution is 7.16. The number of nitrogen functional groups attached to an aromatic ring is 1. The summed E-state index contributed by atoms with van der Waals surface area (Å²) in [4.78, 5) is 45.8. The maximum absolute atomic E-state index is 13.7. The van der Waals surface area contributed by atoms with Gasteiger partial charge in [0.25, 0.3) is 11.8 Å². The topological polar surface area (TPSA) is 117 Å². The number of rotatable bonds is 8. The van der Waals surface area contributed by atoms with Crippen LogP contribution in [-0.2, 0) is 11.2 Å². The Bertz CT molecular complexity index is 1670. The number of likely N-dealkylation sites (N-methyl/N-ethyl adjacent to an activating group) is 1. The third-order valence-electron chi connectivity index (χ3n) is 6.47. The van der Waals surface area contributed by atoms with Gasteiger partial charge in [0, 0.05) is 41.7 Å². The highest BCUT2D eigenvalue weighted by Crippen LogP contribution is 2.24. The van der Waals surface area contributed by atoms with Crippen molar-refractivity contribution in [3.05, 3.63) is 119 Å². The third kappa shape index (κ3) is 6.16. The number of hydrogen-bond donors (Lipinski definition) is 3. The Morgan fingerprint density at radius 2 is 1.60 bits per heavy atom. The maximum atomic E-state index is 13.7. The Kier molecular flexibility index (Phi) is 7.84. The van der Waals surface area contributed by atoms with E-state index in [4.69, 9.17) is 5.73 Å². The largest absolute Gasteiger partial charge is 0.399 e. The maximum Gasteiger partial charge on any atom is 0.255 e. The Morgan fingerprint density at radius 1 is 0.875 bits per heavy atom. The van der Waals surface area contributed by atoms with E-state index < -0.39 is 11.9 Å². The number of benzene rings is 4. The Labute approximate surface area is 235 Å². The second-order valence-corrected chi connectivity index (χ2v) is 10.2. The average Bonchev–Trinajstić information content (AvgIpc) is 3.46. The van der Waals surface area contributed by atoms with Crippen LogP contribution in [0.15, 0.2) is 103 Å². The standard InChI is InChI=1S/C31H27N5O3S/c1-36(25-14-15-28-26(18-25)33-19-40-28)31(39)27(16-20-6-3-2-4-7-20)35-30(38)22-9-5-8-21(17-22)29(37)34-24-12-10-23(32)11-13-24/h2-15,17-19,27H,16,32H2,1H3,(H,34,37)(H,35,38)/t27-/m0/s1. The third-order valence-corrected chi connectivity index (χ3v) is 7.28. The van der Waals surface area contributed by atoms with Crippen LogP contribution in [0.1, 0.15) is 26.3 Å². The summed E-state index contributed by atoms with van der Waals surface area (Å²) in [5.41, 5.74) is 11.6. The molecule has 1 atom stereocenters. The van der Waals surface area contributed by atoms with Gasteiger partial charge in [-0.15, -0.1) is 11.3 Å². The fourth-order valence-electron chi connectivity index (χ4n) is 4.28. The molecular weight excluding hydrogens is 522 g/mol. The molecule has 200 valence electrons. The van der Waals surface area contributed by atoms with Crippen molar-refractivity contribution in [1.29, 1.82) is 0 Å². The number of carbonyl (C=O) groups excluding carboxylic acids is 3. The number of thiazole rings is 1. The molecule has 5 aromatic rings. The first-order chi connectivity index (χ1) is 19.4. The molecule has 0 aliphatic rings. The van der Waals surface area contributed by atoms with E-state index in [1.54, 1.807) is 55.0 Å². The number of fused-ring (bicyclic) bond motifs is 1. The first kappa shape index (κ1) is 26.6. The van der Waals surface area contributed by atoms with Gasteiger partial charge in [-0.1, -0.05) is 36.4 Å². The molecule has 3 amide bonds. The second kappa shape index (κ2) is 11.8. The minimum atomic E-state index is -0.849. The van der Waals surface area contributed by atoms with Crippen LogP contribution in [0.4, 0.5) is 17.1 Å². The number of nitrogens with zero attached hydrogens (tertiary/aromatic N) is 2. The molecule has 1 aromatic heterocycles. The molecule has 8 nitrogen and oxygen atoms in total. The quantitative estimate of drug-likeness (QED) is 0.232.